The van der Waals surface area contributed by atoms with Crippen molar-refractivity contribution < 1.29 is 27.1 Å². The minimum Gasteiger partial charge on any atom is -0.381 e. The molecule has 2 heterocycles. The Morgan fingerprint density at radius 3 is 2.55 bits per heavy atom. The number of nitrogens with two attached hydrogens (primary N) is 1. The fraction of sp³-hybridized carbons (Fsp3) is 0.391. The molecule has 0 spiro atoms. The Kier molecular flexibility index (Phi) is 6.24. The molecule has 2 aliphatic heterocycles. The first kappa shape index (κ1) is 23.7. The van der Waals surface area contributed by atoms with Crippen molar-refractivity contribution in [3.05, 3.63) is 64.4 Å². The highest BCUT2D eigenvalue weighted by Crippen LogP contribution is 2.49. The quantitative estimate of drug-likeness (QED) is 0.664. The largest absolute Gasteiger partial charge is 0.381 e. The fourth-order valence-electron chi connectivity index (χ4n) is 4.97. The topological polar surface area (TPSA) is 107 Å². The van der Waals surface area contributed by atoms with E-state index in [1.165, 1.54) is 47.4 Å². The van der Waals surface area contributed by atoms with Crippen molar-refractivity contribution in [3.63, 3.8) is 0 Å². The molecule has 2 amide bonds. The summed E-state index contributed by atoms with van der Waals surface area (Å²) in [5.74, 6) is -2.83. The molecule has 0 saturated carbocycles. The van der Waals surface area contributed by atoms with Crippen LogP contribution in [0.15, 0.2) is 47.4 Å². The van der Waals surface area contributed by atoms with Gasteiger partial charge in [-0.05, 0) is 48.7 Å². The number of carbonyl (C=O) groups excluding carboxylic acids is 2. The van der Waals surface area contributed by atoms with Gasteiger partial charge < -0.3 is 15.4 Å². The lowest BCUT2D eigenvalue weighted by Crippen LogP contribution is -2.62. The molecule has 33 heavy (non-hydrogen) atoms. The van der Waals surface area contributed by atoms with Crippen LogP contribution in [0.3, 0.4) is 0 Å². The van der Waals surface area contributed by atoms with Gasteiger partial charge in [-0.2, -0.15) is 0 Å². The smallest absolute Gasteiger partial charge is 0.254 e. The molecule has 176 valence electrons. The van der Waals surface area contributed by atoms with Crippen LogP contribution in [0.5, 0.6) is 0 Å². The summed E-state index contributed by atoms with van der Waals surface area (Å²) < 4.78 is 44.4. The summed E-state index contributed by atoms with van der Waals surface area (Å²) in [4.78, 5) is 28.1. The van der Waals surface area contributed by atoms with Crippen molar-refractivity contribution in [2.24, 2.45) is 11.7 Å². The minimum atomic E-state index is -3.55. The monoisotopic (exact) mass is 494 g/mol. The van der Waals surface area contributed by atoms with Crippen LogP contribution < -0.4 is 5.73 Å². The number of rotatable bonds is 6. The number of sulfone groups is 1. The van der Waals surface area contributed by atoms with Gasteiger partial charge >= 0.3 is 0 Å². The van der Waals surface area contributed by atoms with Gasteiger partial charge in [0.05, 0.1) is 18.1 Å². The van der Waals surface area contributed by atoms with Crippen LogP contribution in [0.4, 0.5) is 4.39 Å². The Balaban J connectivity index is 1.84. The van der Waals surface area contributed by atoms with Crippen molar-refractivity contribution in [1.29, 1.82) is 0 Å². The van der Waals surface area contributed by atoms with E-state index in [-0.39, 0.29) is 39.9 Å². The van der Waals surface area contributed by atoms with Crippen LogP contribution in [0.1, 0.15) is 34.7 Å². The van der Waals surface area contributed by atoms with Gasteiger partial charge in [0.15, 0.2) is 9.84 Å². The van der Waals surface area contributed by atoms with Crippen molar-refractivity contribution in [3.8, 4) is 0 Å². The molecule has 4 rings (SSSR count). The standard InChI is InChI=1S/C23H24ClFN2O5S/c1-33(30,31)17-5-2-4-14(10-17)21(28)27-9-3-8-23(27,22(26)29)20(15-12-32-13-15)18-7-6-16(24)11-19(18)25/h2,4-7,10-11,15,20H,3,8-9,12-13H2,1H3,(H2,26,29)/t20-,23+/m1/s1. The third-order valence-electron chi connectivity index (χ3n) is 6.55. The SMILES string of the molecule is CS(=O)(=O)c1cccc(C(=O)N2CCC[C@@]2(C(N)=O)[C@@H](c2ccc(Cl)cc2F)C2COC2)c1. The van der Waals surface area contributed by atoms with Gasteiger partial charge in [0.1, 0.15) is 11.4 Å². The Morgan fingerprint density at radius 2 is 1.97 bits per heavy atom. The second kappa shape index (κ2) is 8.70. The highest BCUT2D eigenvalue weighted by molar-refractivity contribution is 7.90. The number of benzene rings is 2. The normalized spacial score (nSPS) is 22.1. The molecule has 10 heteroatoms. The maximum atomic E-state index is 15.1. The molecule has 2 saturated heterocycles. The highest BCUT2D eigenvalue weighted by atomic mass is 35.5. The molecule has 2 aromatic rings. The van der Waals surface area contributed by atoms with Crippen LogP contribution in [-0.4, -0.2) is 56.7 Å². The van der Waals surface area contributed by atoms with Crippen LogP contribution in [0.2, 0.25) is 5.02 Å². The molecule has 2 fully saturated rings. The zero-order valence-electron chi connectivity index (χ0n) is 18.0. The number of carbonyl (C=O) groups is 2. The third kappa shape index (κ3) is 4.13. The number of halogens is 2. The summed E-state index contributed by atoms with van der Waals surface area (Å²) in [6.45, 7) is 0.824. The summed E-state index contributed by atoms with van der Waals surface area (Å²) in [5, 5.41) is 0.213. The molecule has 2 aromatic carbocycles. The number of hydrogen-bond acceptors (Lipinski definition) is 5. The number of amides is 2. The molecule has 0 aliphatic carbocycles. The molecule has 0 aromatic heterocycles. The van der Waals surface area contributed by atoms with E-state index in [4.69, 9.17) is 22.1 Å². The van der Waals surface area contributed by atoms with E-state index >= 15 is 4.39 Å². The van der Waals surface area contributed by atoms with Gasteiger partial charge in [0, 0.05) is 35.2 Å². The Bertz CT molecular complexity index is 1220. The van der Waals surface area contributed by atoms with E-state index in [0.29, 0.717) is 19.6 Å². The second-order valence-corrected chi connectivity index (χ2v) is 11.0. The summed E-state index contributed by atoms with van der Waals surface area (Å²) in [7, 11) is -3.55. The van der Waals surface area contributed by atoms with E-state index in [2.05, 4.69) is 0 Å². The molecule has 0 unspecified atom stereocenters. The zero-order valence-corrected chi connectivity index (χ0v) is 19.5. The first-order valence-corrected chi connectivity index (χ1v) is 12.8. The zero-order chi connectivity index (χ0) is 24.0. The van der Waals surface area contributed by atoms with Gasteiger partial charge in [-0.3, -0.25) is 9.59 Å². The third-order valence-corrected chi connectivity index (χ3v) is 7.89. The lowest BCUT2D eigenvalue weighted by molar-refractivity contribution is -0.134. The van der Waals surface area contributed by atoms with Gasteiger partial charge in [0.25, 0.3) is 5.91 Å². The maximum absolute atomic E-state index is 15.1. The summed E-state index contributed by atoms with van der Waals surface area (Å²) in [5.41, 5.74) is 4.82. The number of likely N-dealkylation sites (tertiary alicyclic amines) is 1. The molecular weight excluding hydrogens is 471 g/mol. The van der Waals surface area contributed by atoms with E-state index in [0.717, 1.165) is 6.26 Å². The summed E-state index contributed by atoms with van der Waals surface area (Å²) in [6.07, 6.45) is 1.79. The van der Waals surface area contributed by atoms with Crippen molar-refractivity contribution >= 4 is 33.3 Å². The molecule has 0 radical (unpaired) electrons. The van der Waals surface area contributed by atoms with E-state index in [1.807, 2.05) is 0 Å². The average molecular weight is 495 g/mol. The highest BCUT2D eigenvalue weighted by Gasteiger charge is 2.58. The van der Waals surface area contributed by atoms with Crippen LogP contribution in [0, 0.1) is 11.7 Å². The summed E-state index contributed by atoms with van der Waals surface area (Å²) in [6, 6.07) is 9.89. The predicted molar refractivity (Wildman–Crippen MR) is 120 cm³/mol. The number of nitrogens with zero attached hydrogens (tertiary/aromatic N) is 1. The molecule has 2 N–H and O–H groups in total. The first-order valence-electron chi connectivity index (χ1n) is 10.5. The van der Waals surface area contributed by atoms with E-state index in [1.54, 1.807) is 0 Å². The fourth-order valence-corrected chi connectivity index (χ4v) is 5.80. The van der Waals surface area contributed by atoms with Crippen molar-refractivity contribution in [1.82, 2.24) is 4.90 Å². The van der Waals surface area contributed by atoms with Crippen LogP contribution in [0.25, 0.3) is 0 Å². The Hall–Kier alpha value is -2.49. The van der Waals surface area contributed by atoms with Crippen molar-refractivity contribution in [2.45, 2.75) is 29.2 Å². The van der Waals surface area contributed by atoms with Crippen LogP contribution >= 0.6 is 11.6 Å². The first-order chi connectivity index (χ1) is 15.6. The molecular formula is C23H24ClFN2O5S. The number of ether oxygens (including phenoxy) is 1. The Labute approximate surface area is 196 Å². The average Bonchev–Trinajstić information content (AvgIpc) is 3.16. The van der Waals surface area contributed by atoms with Crippen molar-refractivity contribution in [2.75, 3.05) is 26.0 Å². The van der Waals surface area contributed by atoms with Gasteiger partial charge in [0.2, 0.25) is 5.91 Å². The minimum absolute atomic E-state index is 0.00934. The lowest BCUT2D eigenvalue weighted by Gasteiger charge is -2.47. The summed E-state index contributed by atoms with van der Waals surface area (Å²) >= 11 is 5.95. The van der Waals surface area contributed by atoms with E-state index < -0.39 is 38.9 Å². The molecule has 0 bridgehead atoms. The predicted octanol–water partition coefficient (Wildman–Crippen LogP) is 2.77. The van der Waals surface area contributed by atoms with Crippen LogP contribution in [-0.2, 0) is 19.4 Å². The maximum Gasteiger partial charge on any atom is 0.254 e. The van der Waals surface area contributed by atoms with E-state index in [9.17, 15) is 18.0 Å². The molecule has 2 aliphatic rings. The molecule has 7 nitrogen and oxygen atoms in total. The van der Waals surface area contributed by atoms with Gasteiger partial charge in [-0.1, -0.05) is 23.7 Å². The molecule has 2 atom stereocenters. The number of primary amides is 1. The van der Waals surface area contributed by atoms with Gasteiger partial charge in [-0.15, -0.1) is 0 Å². The number of hydrogen-bond donors (Lipinski definition) is 1. The lowest BCUT2D eigenvalue weighted by atomic mass is 9.68. The van der Waals surface area contributed by atoms with Gasteiger partial charge in [-0.25, -0.2) is 12.8 Å². The Morgan fingerprint density at radius 1 is 1.24 bits per heavy atom. The second-order valence-electron chi connectivity index (χ2n) is 8.59.